The molecule has 1 unspecified atom stereocenters. The van der Waals surface area contributed by atoms with Crippen LogP contribution in [0.5, 0.6) is 0 Å². The normalized spacial score (nSPS) is 15.7. The van der Waals surface area contributed by atoms with Crippen molar-refractivity contribution in [3.05, 3.63) is 77.6 Å². The Morgan fingerprint density at radius 2 is 1.81 bits per heavy atom. The quantitative estimate of drug-likeness (QED) is 0.513. The lowest BCUT2D eigenvalue weighted by atomic mass is 10.0. The molecule has 160 valence electrons. The molecule has 1 aromatic heterocycles. The van der Waals surface area contributed by atoms with Gasteiger partial charge in [-0.2, -0.15) is 0 Å². The van der Waals surface area contributed by atoms with Gasteiger partial charge in [-0.1, -0.05) is 48.7 Å². The molecular weight excluding hydrogens is 394 g/mol. The van der Waals surface area contributed by atoms with Crippen molar-refractivity contribution in [2.75, 3.05) is 18.5 Å². The number of aromatic nitrogens is 2. The van der Waals surface area contributed by atoms with Crippen molar-refractivity contribution in [1.82, 2.24) is 4.98 Å². The number of hydrogen-bond acceptors (Lipinski definition) is 3. The van der Waals surface area contributed by atoms with Gasteiger partial charge in [0, 0.05) is 11.3 Å². The zero-order valence-electron chi connectivity index (χ0n) is 17.9. The van der Waals surface area contributed by atoms with E-state index in [9.17, 15) is 8.78 Å². The third-order valence-electron chi connectivity index (χ3n) is 5.74. The van der Waals surface area contributed by atoms with E-state index in [1.54, 1.807) is 0 Å². The molecule has 4 rings (SSSR count). The molecule has 0 saturated carbocycles. The summed E-state index contributed by atoms with van der Waals surface area (Å²) < 4.78 is 28.2. The third-order valence-corrected chi connectivity index (χ3v) is 5.74. The molecule has 1 aliphatic rings. The fourth-order valence-electron chi connectivity index (χ4n) is 3.91. The van der Waals surface area contributed by atoms with Crippen LogP contribution in [-0.2, 0) is 0 Å². The number of H-pyrrole nitrogens is 1. The Balaban J connectivity index is 1.48. The average Bonchev–Trinajstić information content (AvgIpc) is 3.27. The van der Waals surface area contributed by atoms with Crippen LogP contribution in [0.2, 0.25) is 0 Å². The predicted molar refractivity (Wildman–Crippen MR) is 119 cm³/mol. The molecular formula is C25H27F2N4+. The Bertz CT molecular complexity index is 1040. The van der Waals surface area contributed by atoms with Gasteiger partial charge in [-0.15, -0.1) is 0 Å². The maximum Gasteiger partial charge on any atom is 0.391 e. The Morgan fingerprint density at radius 1 is 1.06 bits per heavy atom. The summed E-state index contributed by atoms with van der Waals surface area (Å²) in [5.41, 5.74) is 3.61. The summed E-state index contributed by atoms with van der Waals surface area (Å²) in [5, 5.41) is 0. The summed E-state index contributed by atoms with van der Waals surface area (Å²) in [7, 11) is 2.03. The maximum absolute atomic E-state index is 14.1. The number of halogens is 2. The summed E-state index contributed by atoms with van der Waals surface area (Å²) in [6, 6.07) is 12.0. The summed E-state index contributed by atoms with van der Waals surface area (Å²) in [6.07, 6.45) is 7.43. The number of aliphatic imine (C=N–C) groups is 1. The van der Waals surface area contributed by atoms with Crippen LogP contribution >= 0.6 is 0 Å². The SMILES string of the molecule is CCCCN(C)c1ncc(-c2ccc(C3CCC(c4c(F)cccc4F)=N3)cc2)c[nH+]1. The smallest absolute Gasteiger partial charge is 0.281 e. The molecule has 2 heterocycles. The Hall–Kier alpha value is -3.15. The van der Waals surface area contributed by atoms with Gasteiger partial charge in [0.15, 0.2) is 0 Å². The highest BCUT2D eigenvalue weighted by Crippen LogP contribution is 2.33. The molecule has 0 bridgehead atoms. The van der Waals surface area contributed by atoms with Crippen molar-refractivity contribution in [3.8, 4) is 11.1 Å². The molecule has 1 atom stereocenters. The summed E-state index contributed by atoms with van der Waals surface area (Å²) in [6.45, 7) is 3.14. The van der Waals surface area contributed by atoms with Gasteiger partial charge in [0.25, 0.3) is 0 Å². The fraction of sp³-hybridized carbons (Fsp3) is 0.320. The first kappa shape index (κ1) is 21.1. The van der Waals surface area contributed by atoms with Gasteiger partial charge in [0.1, 0.15) is 17.8 Å². The van der Waals surface area contributed by atoms with Crippen molar-refractivity contribution >= 4 is 11.7 Å². The zero-order valence-corrected chi connectivity index (χ0v) is 17.9. The van der Waals surface area contributed by atoms with Crippen LogP contribution in [0.15, 0.2) is 59.9 Å². The Morgan fingerprint density at radius 3 is 2.45 bits per heavy atom. The molecule has 0 spiro atoms. The van der Waals surface area contributed by atoms with Crippen molar-refractivity contribution in [2.45, 2.75) is 38.6 Å². The minimum absolute atomic E-state index is 0.00669. The van der Waals surface area contributed by atoms with E-state index >= 15 is 0 Å². The van der Waals surface area contributed by atoms with E-state index < -0.39 is 11.6 Å². The minimum atomic E-state index is -0.553. The number of nitrogens with zero attached hydrogens (tertiary/aromatic N) is 3. The molecule has 2 aromatic carbocycles. The number of aromatic amines is 1. The van der Waals surface area contributed by atoms with Crippen LogP contribution in [0, 0.1) is 11.6 Å². The van der Waals surface area contributed by atoms with E-state index in [1.807, 2.05) is 43.7 Å². The molecule has 0 amide bonds. The van der Waals surface area contributed by atoms with Gasteiger partial charge < -0.3 is 0 Å². The first-order valence-electron chi connectivity index (χ1n) is 10.8. The van der Waals surface area contributed by atoms with Crippen molar-refractivity contribution < 1.29 is 13.8 Å². The lowest BCUT2D eigenvalue weighted by Crippen LogP contribution is -2.27. The summed E-state index contributed by atoms with van der Waals surface area (Å²) in [5.74, 6) is -0.258. The number of rotatable bonds is 7. The Kier molecular flexibility index (Phi) is 6.35. The topological polar surface area (TPSA) is 42.6 Å². The molecule has 1 N–H and O–H groups in total. The molecule has 31 heavy (non-hydrogen) atoms. The second-order valence-corrected chi connectivity index (χ2v) is 7.95. The van der Waals surface area contributed by atoms with E-state index in [0.717, 1.165) is 48.4 Å². The van der Waals surface area contributed by atoms with E-state index in [0.29, 0.717) is 12.1 Å². The van der Waals surface area contributed by atoms with E-state index in [4.69, 9.17) is 0 Å². The molecule has 0 aliphatic carbocycles. The van der Waals surface area contributed by atoms with Crippen LogP contribution in [0.25, 0.3) is 11.1 Å². The second kappa shape index (κ2) is 9.33. The summed E-state index contributed by atoms with van der Waals surface area (Å²) in [4.78, 5) is 14.6. The van der Waals surface area contributed by atoms with E-state index in [-0.39, 0.29) is 11.6 Å². The molecule has 0 fully saturated rings. The van der Waals surface area contributed by atoms with Crippen LogP contribution in [0.1, 0.15) is 49.8 Å². The van der Waals surface area contributed by atoms with Crippen LogP contribution < -0.4 is 9.88 Å². The largest absolute Gasteiger partial charge is 0.391 e. The first-order chi connectivity index (χ1) is 15.1. The van der Waals surface area contributed by atoms with Gasteiger partial charge in [-0.25, -0.2) is 13.8 Å². The van der Waals surface area contributed by atoms with E-state index in [2.05, 4.69) is 26.8 Å². The number of anilines is 1. The van der Waals surface area contributed by atoms with Gasteiger partial charge >= 0.3 is 5.95 Å². The van der Waals surface area contributed by atoms with Crippen LogP contribution in [0.4, 0.5) is 14.7 Å². The lowest BCUT2D eigenvalue weighted by Gasteiger charge is -2.10. The van der Waals surface area contributed by atoms with Gasteiger partial charge in [-0.3, -0.25) is 9.89 Å². The van der Waals surface area contributed by atoms with Gasteiger partial charge in [0.2, 0.25) is 0 Å². The van der Waals surface area contributed by atoms with E-state index in [1.165, 1.54) is 18.2 Å². The maximum atomic E-state index is 14.1. The predicted octanol–water partition coefficient (Wildman–Crippen LogP) is 5.40. The van der Waals surface area contributed by atoms with Crippen LogP contribution in [0.3, 0.4) is 0 Å². The average molecular weight is 422 g/mol. The van der Waals surface area contributed by atoms with Gasteiger partial charge in [-0.05, 0) is 42.5 Å². The molecule has 0 saturated heterocycles. The summed E-state index contributed by atoms with van der Waals surface area (Å²) >= 11 is 0. The lowest BCUT2D eigenvalue weighted by molar-refractivity contribution is -0.367. The zero-order chi connectivity index (χ0) is 21.8. The van der Waals surface area contributed by atoms with Gasteiger partial charge in [0.05, 0.1) is 31.4 Å². The highest BCUT2D eigenvalue weighted by Gasteiger charge is 2.24. The monoisotopic (exact) mass is 421 g/mol. The van der Waals surface area contributed by atoms with Crippen LogP contribution in [-0.4, -0.2) is 24.3 Å². The number of hydrogen-bond donors (Lipinski definition) is 0. The molecule has 0 radical (unpaired) electrons. The standard InChI is InChI=1S/C25H26F2N4/c1-3-4-14-31(2)25-28-15-19(16-29-25)17-8-10-18(11-9-17)22-12-13-23(30-22)24-20(26)6-5-7-21(24)27/h5-11,15-16,22H,3-4,12-14H2,1-2H3/p+1. The molecule has 4 nitrogen and oxygen atoms in total. The molecule has 6 heteroatoms. The number of unbranched alkanes of at least 4 members (excludes halogenated alkanes) is 1. The number of nitrogens with one attached hydrogen (secondary N) is 1. The molecule has 3 aromatic rings. The third kappa shape index (κ3) is 4.63. The number of benzene rings is 2. The van der Waals surface area contributed by atoms with Crippen molar-refractivity contribution in [1.29, 1.82) is 0 Å². The minimum Gasteiger partial charge on any atom is -0.281 e. The van der Waals surface area contributed by atoms with Crippen molar-refractivity contribution in [3.63, 3.8) is 0 Å². The Labute approximate surface area is 181 Å². The fourth-order valence-corrected chi connectivity index (χ4v) is 3.91. The highest BCUT2D eigenvalue weighted by molar-refractivity contribution is 6.02. The second-order valence-electron chi connectivity index (χ2n) is 7.95. The highest BCUT2D eigenvalue weighted by atomic mass is 19.1. The first-order valence-corrected chi connectivity index (χ1v) is 10.8. The van der Waals surface area contributed by atoms with Crippen molar-refractivity contribution in [2.24, 2.45) is 4.99 Å². The molecule has 1 aliphatic heterocycles.